The summed E-state index contributed by atoms with van der Waals surface area (Å²) in [6, 6.07) is 13.1. The van der Waals surface area contributed by atoms with Crippen LogP contribution in [0.25, 0.3) is 10.9 Å². The molecule has 0 saturated heterocycles. The van der Waals surface area contributed by atoms with Gasteiger partial charge in [-0.15, -0.1) is 0 Å². The minimum atomic E-state index is -0.425. The van der Waals surface area contributed by atoms with E-state index in [-0.39, 0.29) is 12.5 Å². The van der Waals surface area contributed by atoms with Gasteiger partial charge in [-0.2, -0.15) is 0 Å². The van der Waals surface area contributed by atoms with Crippen molar-refractivity contribution < 1.29 is 23.8 Å². The summed E-state index contributed by atoms with van der Waals surface area (Å²) in [6.45, 7) is 0.554. The van der Waals surface area contributed by atoms with E-state index in [1.807, 2.05) is 42.5 Å². The Morgan fingerprint density at radius 3 is 2.52 bits per heavy atom. The fraction of sp³-hybridized carbons (Fsp3) is 0.273. The molecule has 1 aromatic heterocycles. The highest BCUT2D eigenvalue weighted by Crippen LogP contribution is 2.30. The molecule has 1 N–H and O–H groups in total. The first kappa shape index (κ1) is 20.3. The lowest BCUT2D eigenvalue weighted by Gasteiger charge is -2.13. The number of esters is 1. The highest BCUT2D eigenvalue weighted by atomic mass is 16.5. The SMILES string of the molecule is COC(=O)c1cn(CC(=O)NCCc2cccc(OC)c2OC)c2ccccc12. The molecule has 0 unspecified atom stereocenters. The van der Waals surface area contributed by atoms with E-state index in [9.17, 15) is 9.59 Å². The number of rotatable bonds is 8. The third kappa shape index (κ3) is 4.34. The van der Waals surface area contributed by atoms with Gasteiger partial charge in [0, 0.05) is 23.6 Å². The molecule has 7 nitrogen and oxygen atoms in total. The summed E-state index contributed by atoms with van der Waals surface area (Å²) >= 11 is 0. The molecule has 0 saturated carbocycles. The molecule has 152 valence electrons. The predicted molar refractivity (Wildman–Crippen MR) is 110 cm³/mol. The van der Waals surface area contributed by atoms with Crippen molar-refractivity contribution in [2.24, 2.45) is 0 Å². The van der Waals surface area contributed by atoms with Crippen LogP contribution in [0, 0.1) is 0 Å². The summed E-state index contributed by atoms with van der Waals surface area (Å²) in [6.07, 6.45) is 2.26. The monoisotopic (exact) mass is 396 g/mol. The predicted octanol–water partition coefficient (Wildman–Crippen LogP) is 2.80. The number of methoxy groups -OCH3 is 3. The van der Waals surface area contributed by atoms with Crippen LogP contribution in [0.15, 0.2) is 48.7 Å². The quantitative estimate of drug-likeness (QED) is 0.593. The second kappa shape index (κ2) is 9.14. The lowest BCUT2D eigenvalue weighted by atomic mass is 10.1. The molecule has 0 bridgehead atoms. The molecule has 3 aromatic rings. The zero-order chi connectivity index (χ0) is 20.8. The average molecular weight is 396 g/mol. The number of fused-ring (bicyclic) bond motifs is 1. The molecule has 3 rings (SSSR count). The smallest absolute Gasteiger partial charge is 0.340 e. The number of aromatic nitrogens is 1. The number of carbonyl (C=O) groups excluding carboxylic acids is 2. The van der Waals surface area contributed by atoms with E-state index in [1.165, 1.54) is 7.11 Å². The van der Waals surface area contributed by atoms with Crippen molar-refractivity contribution in [3.8, 4) is 11.5 Å². The molecule has 0 aliphatic heterocycles. The van der Waals surface area contributed by atoms with Crippen LogP contribution in [-0.4, -0.2) is 44.3 Å². The maximum Gasteiger partial charge on any atom is 0.340 e. The standard InChI is InChI=1S/C22H24N2O5/c1-27-19-10-6-7-15(21(19)28-2)11-12-23-20(25)14-24-13-17(22(26)29-3)16-8-4-5-9-18(16)24/h4-10,13H,11-12,14H2,1-3H3,(H,23,25). The van der Waals surface area contributed by atoms with Gasteiger partial charge in [-0.05, 0) is 24.1 Å². The van der Waals surface area contributed by atoms with E-state index in [0.29, 0.717) is 30.0 Å². The van der Waals surface area contributed by atoms with Gasteiger partial charge in [0.2, 0.25) is 5.91 Å². The summed E-state index contributed by atoms with van der Waals surface area (Å²) in [5, 5.41) is 3.67. The Labute approximate surface area is 169 Å². The number of benzene rings is 2. The first-order chi connectivity index (χ1) is 14.1. The Balaban J connectivity index is 1.67. The lowest BCUT2D eigenvalue weighted by Crippen LogP contribution is -2.29. The molecule has 1 heterocycles. The van der Waals surface area contributed by atoms with Crippen molar-refractivity contribution in [3.63, 3.8) is 0 Å². The zero-order valence-electron chi connectivity index (χ0n) is 16.7. The average Bonchev–Trinajstić information content (AvgIpc) is 3.11. The summed E-state index contributed by atoms with van der Waals surface area (Å²) < 4.78 is 17.3. The molecular formula is C22H24N2O5. The van der Waals surface area contributed by atoms with Crippen LogP contribution in [0.5, 0.6) is 11.5 Å². The minimum absolute atomic E-state index is 0.104. The molecule has 0 radical (unpaired) electrons. The van der Waals surface area contributed by atoms with Crippen LogP contribution < -0.4 is 14.8 Å². The largest absolute Gasteiger partial charge is 0.493 e. The van der Waals surface area contributed by atoms with Gasteiger partial charge >= 0.3 is 5.97 Å². The van der Waals surface area contributed by atoms with E-state index in [0.717, 1.165) is 16.5 Å². The van der Waals surface area contributed by atoms with Crippen LogP contribution >= 0.6 is 0 Å². The fourth-order valence-electron chi connectivity index (χ4n) is 3.35. The normalized spacial score (nSPS) is 10.6. The van der Waals surface area contributed by atoms with Crippen LogP contribution in [0.4, 0.5) is 0 Å². The fourth-order valence-corrected chi connectivity index (χ4v) is 3.35. The van der Waals surface area contributed by atoms with Gasteiger partial charge < -0.3 is 24.1 Å². The molecule has 0 aliphatic rings. The molecule has 0 fully saturated rings. The lowest BCUT2D eigenvalue weighted by molar-refractivity contribution is -0.121. The van der Waals surface area contributed by atoms with Gasteiger partial charge in [0.1, 0.15) is 6.54 Å². The van der Waals surface area contributed by atoms with E-state index in [1.54, 1.807) is 25.0 Å². The maximum atomic E-state index is 12.5. The van der Waals surface area contributed by atoms with Gasteiger partial charge in [-0.25, -0.2) is 4.79 Å². The number of nitrogens with one attached hydrogen (secondary N) is 1. The van der Waals surface area contributed by atoms with E-state index >= 15 is 0 Å². The third-order valence-electron chi connectivity index (χ3n) is 4.71. The van der Waals surface area contributed by atoms with Crippen LogP contribution in [0.2, 0.25) is 0 Å². The molecule has 0 atom stereocenters. The van der Waals surface area contributed by atoms with Crippen molar-refractivity contribution in [1.82, 2.24) is 9.88 Å². The maximum absolute atomic E-state index is 12.5. The van der Waals surface area contributed by atoms with Gasteiger partial charge in [0.25, 0.3) is 0 Å². The Bertz CT molecular complexity index is 1030. The summed E-state index contributed by atoms with van der Waals surface area (Å²) in [7, 11) is 4.53. The summed E-state index contributed by atoms with van der Waals surface area (Å²) in [5.74, 6) is 0.753. The molecule has 2 aromatic carbocycles. The number of hydrogen-bond donors (Lipinski definition) is 1. The Hall–Kier alpha value is -3.48. The Morgan fingerprint density at radius 2 is 1.79 bits per heavy atom. The number of nitrogens with zero attached hydrogens (tertiary/aromatic N) is 1. The molecular weight excluding hydrogens is 372 g/mol. The number of carbonyl (C=O) groups is 2. The zero-order valence-corrected chi connectivity index (χ0v) is 16.7. The molecule has 29 heavy (non-hydrogen) atoms. The minimum Gasteiger partial charge on any atom is -0.493 e. The van der Waals surface area contributed by atoms with Gasteiger partial charge in [-0.3, -0.25) is 4.79 Å². The molecule has 0 aliphatic carbocycles. The number of para-hydroxylation sites is 2. The Morgan fingerprint density at radius 1 is 1.00 bits per heavy atom. The number of ether oxygens (including phenoxy) is 3. The molecule has 0 spiro atoms. The van der Waals surface area contributed by atoms with Crippen molar-refractivity contribution in [2.45, 2.75) is 13.0 Å². The molecule has 7 heteroatoms. The van der Waals surface area contributed by atoms with Crippen molar-refractivity contribution >= 4 is 22.8 Å². The van der Waals surface area contributed by atoms with Crippen LogP contribution in [0.3, 0.4) is 0 Å². The van der Waals surface area contributed by atoms with Crippen molar-refractivity contribution in [3.05, 3.63) is 59.8 Å². The highest BCUT2D eigenvalue weighted by Gasteiger charge is 2.16. The van der Waals surface area contributed by atoms with Crippen molar-refractivity contribution in [1.29, 1.82) is 0 Å². The van der Waals surface area contributed by atoms with E-state index in [4.69, 9.17) is 14.2 Å². The van der Waals surface area contributed by atoms with Crippen molar-refractivity contribution in [2.75, 3.05) is 27.9 Å². The van der Waals surface area contributed by atoms with Gasteiger partial charge in [-0.1, -0.05) is 30.3 Å². The second-order valence-electron chi connectivity index (χ2n) is 6.43. The van der Waals surface area contributed by atoms with Gasteiger partial charge in [0.15, 0.2) is 11.5 Å². The highest BCUT2D eigenvalue weighted by molar-refractivity contribution is 6.04. The van der Waals surface area contributed by atoms with Gasteiger partial charge in [0.05, 0.1) is 26.9 Å². The van der Waals surface area contributed by atoms with E-state index < -0.39 is 5.97 Å². The first-order valence-corrected chi connectivity index (χ1v) is 9.21. The van der Waals surface area contributed by atoms with Crippen LogP contribution in [-0.2, 0) is 22.5 Å². The number of amides is 1. The number of hydrogen-bond acceptors (Lipinski definition) is 5. The second-order valence-corrected chi connectivity index (χ2v) is 6.43. The topological polar surface area (TPSA) is 78.8 Å². The third-order valence-corrected chi connectivity index (χ3v) is 4.71. The molecule has 1 amide bonds. The first-order valence-electron chi connectivity index (χ1n) is 9.21. The Kier molecular flexibility index (Phi) is 6.39. The van der Waals surface area contributed by atoms with Crippen LogP contribution in [0.1, 0.15) is 15.9 Å². The van der Waals surface area contributed by atoms with E-state index in [2.05, 4.69) is 5.32 Å². The summed E-state index contributed by atoms with van der Waals surface area (Å²) in [5.41, 5.74) is 2.20. The summed E-state index contributed by atoms with van der Waals surface area (Å²) in [4.78, 5) is 24.5.